The molecule has 0 saturated carbocycles. The van der Waals surface area contributed by atoms with Crippen molar-refractivity contribution in [2.45, 2.75) is 23.5 Å². The second-order valence-corrected chi connectivity index (χ2v) is 7.71. The normalized spacial score (nSPS) is 21.8. The molecule has 0 aliphatic carbocycles. The number of imidazole rings is 1. The van der Waals surface area contributed by atoms with Gasteiger partial charge in [-0.25, -0.2) is 28.1 Å². The van der Waals surface area contributed by atoms with Crippen LogP contribution in [-0.2, 0) is 17.1 Å². The first-order valence-corrected chi connectivity index (χ1v) is 9.08. The average molecular weight is 352 g/mol. The molecule has 0 bridgehead atoms. The second-order valence-electron chi connectivity index (χ2n) is 6.00. The lowest BCUT2D eigenvalue weighted by Gasteiger charge is -2.39. The summed E-state index contributed by atoms with van der Waals surface area (Å²) in [6.07, 6.45) is 7.33. The third kappa shape index (κ3) is 3.71. The Bertz CT molecular complexity index is 794. The second kappa shape index (κ2) is 6.46. The van der Waals surface area contributed by atoms with E-state index in [9.17, 15) is 13.5 Å². The van der Waals surface area contributed by atoms with Gasteiger partial charge in [-0.2, -0.15) is 0 Å². The molecule has 0 spiro atoms. The van der Waals surface area contributed by atoms with Gasteiger partial charge in [0.2, 0.25) is 5.95 Å². The maximum Gasteiger partial charge on any atom is 0.259 e. The molecule has 24 heavy (non-hydrogen) atoms. The number of anilines is 1. The topological polar surface area (TPSA) is 113 Å². The monoisotopic (exact) mass is 352 g/mol. The van der Waals surface area contributed by atoms with Crippen molar-refractivity contribution in [3.63, 3.8) is 0 Å². The van der Waals surface area contributed by atoms with Crippen LogP contribution in [0.4, 0.5) is 5.95 Å². The molecule has 3 heterocycles. The summed E-state index contributed by atoms with van der Waals surface area (Å²) in [6, 6.07) is 1.72. The Hall–Kier alpha value is -2.04. The fourth-order valence-corrected chi connectivity index (χ4v) is 3.81. The number of nitrogens with one attached hydrogen (secondary N) is 1. The molecule has 0 radical (unpaired) electrons. The van der Waals surface area contributed by atoms with Gasteiger partial charge >= 0.3 is 0 Å². The van der Waals surface area contributed by atoms with Crippen molar-refractivity contribution in [2.24, 2.45) is 7.05 Å². The van der Waals surface area contributed by atoms with Crippen LogP contribution in [0, 0.1) is 0 Å². The number of nitrogens with zero attached hydrogens (tertiary/aromatic N) is 5. The summed E-state index contributed by atoms with van der Waals surface area (Å²) in [5.74, 6) is 0.531. The first-order chi connectivity index (χ1) is 11.4. The average Bonchev–Trinajstić information content (AvgIpc) is 3.02. The molecule has 1 aliphatic rings. The predicted octanol–water partition coefficient (Wildman–Crippen LogP) is -0.480. The minimum atomic E-state index is -3.75. The fourth-order valence-electron chi connectivity index (χ4n) is 2.71. The third-order valence-corrected chi connectivity index (χ3v) is 5.22. The van der Waals surface area contributed by atoms with Crippen LogP contribution in [0.15, 0.2) is 36.0 Å². The van der Waals surface area contributed by atoms with Crippen LogP contribution in [0.1, 0.15) is 12.8 Å². The number of aliphatic hydroxyl groups is 1. The molecule has 1 fully saturated rings. The third-order valence-electron chi connectivity index (χ3n) is 3.94. The zero-order chi connectivity index (χ0) is 17.2. The summed E-state index contributed by atoms with van der Waals surface area (Å²) in [6.45, 7) is 0.899. The van der Waals surface area contributed by atoms with E-state index >= 15 is 0 Å². The van der Waals surface area contributed by atoms with E-state index < -0.39 is 15.6 Å². The highest BCUT2D eigenvalue weighted by atomic mass is 32.2. The molecule has 10 heteroatoms. The lowest BCUT2D eigenvalue weighted by Crippen LogP contribution is -2.54. The van der Waals surface area contributed by atoms with Crippen LogP contribution < -0.4 is 9.62 Å². The van der Waals surface area contributed by atoms with Crippen LogP contribution in [0.5, 0.6) is 0 Å². The largest absolute Gasteiger partial charge is 0.387 e. The molecule has 0 amide bonds. The SMILES string of the molecule is Cn1cnc(S(=O)(=O)NC[C@@]2(O)CCCN(c3ncccn3)C2)c1. The Labute approximate surface area is 140 Å². The zero-order valence-corrected chi connectivity index (χ0v) is 14.1. The molecule has 2 N–H and O–H groups in total. The highest BCUT2D eigenvalue weighted by Crippen LogP contribution is 2.23. The number of rotatable bonds is 5. The summed E-state index contributed by atoms with van der Waals surface area (Å²) in [4.78, 5) is 14.1. The lowest BCUT2D eigenvalue weighted by molar-refractivity contribution is 0.0307. The van der Waals surface area contributed by atoms with E-state index in [4.69, 9.17) is 0 Å². The van der Waals surface area contributed by atoms with Gasteiger partial charge in [0.25, 0.3) is 10.0 Å². The summed E-state index contributed by atoms with van der Waals surface area (Å²) >= 11 is 0. The van der Waals surface area contributed by atoms with Gasteiger partial charge < -0.3 is 14.6 Å². The van der Waals surface area contributed by atoms with Crippen molar-refractivity contribution >= 4 is 16.0 Å². The number of aromatic nitrogens is 4. The van der Waals surface area contributed by atoms with E-state index in [0.717, 1.165) is 13.0 Å². The quantitative estimate of drug-likeness (QED) is 0.747. The molecule has 1 saturated heterocycles. The maximum absolute atomic E-state index is 12.2. The van der Waals surface area contributed by atoms with E-state index in [2.05, 4.69) is 19.7 Å². The van der Waals surface area contributed by atoms with Crippen molar-refractivity contribution in [3.05, 3.63) is 31.0 Å². The predicted molar refractivity (Wildman–Crippen MR) is 86.8 cm³/mol. The number of hydrogen-bond donors (Lipinski definition) is 2. The molecule has 1 aliphatic heterocycles. The Balaban J connectivity index is 1.67. The van der Waals surface area contributed by atoms with Gasteiger partial charge in [0, 0.05) is 38.7 Å². The van der Waals surface area contributed by atoms with Gasteiger partial charge in [-0.15, -0.1) is 0 Å². The number of β-amino-alcohol motifs (C(OH)–C–C–N with tert-alkyl or cyclic N) is 1. The van der Waals surface area contributed by atoms with E-state index in [0.29, 0.717) is 12.4 Å². The Morgan fingerprint density at radius 2 is 2.08 bits per heavy atom. The van der Waals surface area contributed by atoms with Crippen molar-refractivity contribution in [1.82, 2.24) is 24.2 Å². The summed E-state index contributed by atoms with van der Waals surface area (Å²) in [7, 11) is -2.06. The molecule has 2 aromatic heterocycles. The van der Waals surface area contributed by atoms with Gasteiger partial charge in [-0.05, 0) is 18.9 Å². The van der Waals surface area contributed by atoms with Crippen molar-refractivity contribution < 1.29 is 13.5 Å². The molecule has 0 unspecified atom stereocenters. The summed E-state index contributed by atoms with van der Waals surface area (Å²) < 4.78 is 28.5. The van der Waals surface area contributed by atoms with Gasteiger partial charge in [0.05, 0.1) is 18.5 Å². The van der Waals surface area contributed by atoms with Crippen LogP contribution in [0.25, 0.3) is 0 Å². The molecule has 0 aromatic carbocycles. The van der Waals surface area contributed by atoms with E-state index in [1.165, 1.54) is 12.5 Å². The lowest BCUT2D eigenvalue weighted by atomic mass is 9.93. The van der Waals surface area contributed by atoms with Crippen molar-refractivity contribution in [2.75, 3.05) is 24.5 Å². The molecule has 3 rings (SSSR count). The number of hydrogen-bond acceptors (Lipinski definition) is 7. The molecular weight excluding hydrogens is 332 g/mol. The minimum absolute atomic E-state index is 0.0624. The van der Waals surface area contributed by atoms with Crippen molar-refractivity contribution in [1.29, 1.82) is 0 Å². The number of aryl methyl sites for hydroxylation is 1. The standard InChI is InChI=1S/C14H20N6O3S/c1-19-8-12(17-11-19)24(22,23)18-9-14(21)4-2-7-20(10-14)13-15-5-3-6-16-13/h3,5-6,8,11,18,21H,2,4,7,9-10H2,1H3/t14-/m0/s1. The first-order valence-electron chi connectivity index (χ1n) is 7.60. The first kappa shape index (κ1) is 16.8. The van der Waals surface area contributed by atoms with E-state index in [-0.39, 0.29) is 18.1 Å². The highest BCUT2D eigenvalue weighted by molar-refractivity contribution is 7.89. The van der Waals surface area contributed by atoms with Crippen LogP contribution in [-0.4, -0.2) is 58.3 Å². The van der Waals surface area contributed by atoms with E-state index in [1.807, 2.05) is 4.90 Å². The fraction of sp³-hybridized carbons (Fsp3) is 0.500. The minimum Gasteiger partial charge on any atom is -0.387 e. The van der Waals surface area contributed by atoms with Gasteiger partial charge in [0.15, 0.2) is 5.03 Å². The number of piperidine rings is 1. The Kier molecular flexibility index (Phi) is 4.52. The Morgan fingerprint density at radius 3 is 2.75 bits per heavy atom. The zero-order valence-electron chi connectivity index (χ0n) is 13.3. The van der Waals surface area contributed by atoms with Gasteiger partial charge in [-0.3, -0.25) is 0 Å². The molecule has 1 atom stereocenters. The molecule has 2 aromatic rings. The summed E-state index contributed by atoms with van der Waals surface area (Å²) in [5.41, 5.74) is -1.18. The highest BCUT2D eigenvalue weighted by Gasteiger charge is 2.35. The van der Waals surface area contributed by atoms with Crippen LogP contribution >= 0.6 is 0 Å². The van der Waals surface area contributed by atoms with Crippen molar-refractivity contribution in [3.8, 4) is 0 Å². The molecular formula is C14H20N6O3S. The Morgan fingerprint density at radius 1 is 1.33 bits per heavy atom. The molecule has 9 nitrogen and oxygen atoms in total. The van der Waals surface area contributed by atoms with Gasteiger partial charge in [-0.1, -0.05) is 0 Å². The summed E-state index contributed by atoms with van der Waals surface area (Å²) in [5, 5.41) is 10.7. The van der Waals surface area contributed by atoms with Crippen LogP contribution in [0.2, 0.25) is 0 Å². The van der Waals surface area contributed by atoms with Gasteiger partial charge in [0.1, 0.15) is 0 Å². The maximum atomic E-state index is 12.2. The smallest absolute Gasteiger partial charge is 0.259 e. The number of sulfonamides is 1. The van der Waals surface area contributed by atoms with E-state index in [1.54, 1.807) is 30.1 Å². The molecule has 130 valence electrons. The van der Waals surface area contributed by atoms with Crippen LogP contribution in [0.3, 0.4) is 0 Å².